The van der Waals surface area contributed by atoms with Crippen molar-refractivity contribution in [3.63, 3.8) is 0 Å². The molecule has 1 saturated heterocycles. The fraction of sp³-hybridized carbons (Fsp3) is 0.571. The zero-order valence-corrected chi connectivity index (χ0v) is 12.5. The van der Waals surface area contributed by atoms with E-state index in [-0.39, 0.29) is 5.75 Å². The van der Waals surface area contributed by atoms with Gasteiger partial charge in [0.2, 0.25) is 0 Å². The number of anilines is 1. The Labute approximate surface area is 115 Å². The summed E-state index contributed by atoms with van der Waals surface area (Å²) in [6.07, 6.45) is 0. The normalized spacial score (nSPS) is 20.6. The van der Waals surface area contributed by atoms with Crippen molar-refractivity contribution in [3.8, 4) is 5.75 Å². The first-order valence-electron chi connectivity index (χ1n) is 6.50. The Morgan fingerprint density at radius 3 is 2.05 bits per heavy atom. The minimum absolute atomic E-state index is 0.198. The molecule has 0 aromatic heterocycles. The molecule has 0 bridgehead atoms. The van der Waals surface area contributed by atoms with Crippen LogP contribution in [0.4, 0.5) is 5.69 Å². The van der Waals surface area contributed by atoms with Crippen LogP contribution in [0.25, 0.3) is 0 Å². The smallest absolute Gasteiger partial charge is 0.498 e. The molecule has 0 unspecified atom stereocenters. The quantitative estimate of drug-likeness (QED) is 0.825. The van der Waals surface area contributed by atoms with Gasteiger partial charge in [-0.15, -0.1) is 0 Å². The first kappa shape index (κ1) is 14.2. The largest absolute Gasteiger partial charge is 0.508 e. The third kappa shape index (κ3) is 2.45. The Hall–Kier alpha value is -1.20. The van der Waals surface area contributed by atoms with Crippen LogP contribution in [0, 0.1) is 0 Å². The molecule has 1 aliphatic rings. The molecule has 1 aromatic carbocycles. The third-order valence-electron chi connectivity index (χ3n) is 4.03. The molecule has 2 rings (SSSR count). The van der Waals surface area contributed by atoms with Gasteiger partial charge >= 0.3 is 7.12 Å². The van der Waals surface area contributed by atoms with Gasteiger partial charge in [0.15, 0.2) is 0 Å². The highest BCUT2D eigenvalue weighted by Crippen LogP contribution is 2.37. The van der Waals surface area contributed by atoms with Crippen LogP contribution < -0.4 is 10.4 Å². The van der Waals surface area contributed by atoms with Crippen molar-refractivity contribution in [1.29, 1.82) is 0 Å². The summed E-state index contributed by atoms with van der Waals surface area (Å²) in [5.74, 6) is 0.198. The van der Waals surface area contributed by atoms with E-state index < -0.39 is 18.3 Å². The summed E-state index contributed by atoms with van der Waals surface area (Å²) in [6.45, 7) is 8.00. The lowest BCUT2D eigenvalue weighted by Crippen LogP contribution is -2.41. The second kappa shape index (κ2) is 4.42. The van der Waals surface area contributed by atoms with Gasteiger partial charge in [-0.05, 0) is 45.9 Å². The zero-order valence-electron chi connectivity index (χ0n) is 12.5. The maximum Gasteiger partial charge on any atom is 0.498 e. The lowest BCUT2D eigenvalue weighted by Gasteiger charge is -2.32. The van der Waals surface area contributed by atoms with Crippen LogP contribution in [0.15, 0.2) is 18.2 Å². The molecule has 5 heteroatoms. The molecule has 0 amide bonds. The average molecular weight is 263 g/mol. The molecule has 1 aliphatic heterocycles. The number of hydrogen-bond donors (Lipinski definition) is 1. The average Bonchev–Trinajstić information content (AvgIpc) is 2.48. The second-order valence-corrected chi connectivity index (χ2v) is 6.23. The number of nitrogens with zero attached hydrogens (tertiary/aromatic N) is 1. The third-order valence-corrected chi connectivity index (χ3v) is 4.03. The van der Waals surface area contributed by atoms with E-state index in [1.165, 1.54) is 0 Å². The van der Waals surface area contributed by atoms with E-state index in [9.17, 15) is 5.11 Å². The monoisotopic (exact) mass is 263 g/mol. The first-order chi connectivity index (χ1) is 8.64. The highest BCUT2D eigenvalue weighted by molar-refractivity contribution is 6.63. The fourth-order valence-electron chi connectivity index (χ4n) is 1.98. The molecule has 104 valence electrons. The van der Waals surface area contributed by atoms with Crippen LogP contribution in [0.1, 0.15) is 27.7 Å². The van der Waals surface area contributed by atoms with Crippen molar-refractivity contribution in [1.82, 2.24) is 0 Å². The Kier molecular flexibility index (Phi) is 3.31. The molecule has 1 aromatic rings. The second-order valence-electron chi connectivity index (χ2n) is 6.23. The molecule has 1 fully saturated rings. The van der Waals surface area contributed by atoms with Gasteiger partial charge in [-0.1, -0.05) is 0 Å². The summed E-state index contributed by atoms with van der Waals surface area (Å²) in [5, 5.41) is 10.0. The van der Waals surface area contributed by atoms with E-state index in [1.807, 2.05) is 58.8 Å². The number of benzene rings is 1. The van der Waals surface area contributed by atoms with Gasteiger partial charge in [0.05, 0.1) is 11.2 Å². The summed E-state index contributed by atoms with van der Waals surface area (Å²) in [6, 6.07) is 5.44. The summed E-state index contributed by atoms with van der Waals surface area (Å²) in [7, 11) is 3.38. The van der Waals surface area contributed by atoms with Gasteiger partial charge in [0.1, 0.15) is 5.75 Å². The molecule has 0 spiro atoms. The number of hydrogen-bond acceptors (Lipinski definition) is 4. The van der Waals surface area contributed by atoms with Gasteiger partial charge in [-0.3, -0.25) is 0 Å². The van der Waals surface area contributed by atoms with Crippen LogP contribution in [0.2, 0.25) is 0 Å². The van der Waals surface area contributed by atoms with Crippen LogP contribution in [0.5, 0.6) is 5.75 Å². The molecule has 0 aliphatic carbocycles. The minimum Gasteiger partial charge on any atom is -0.508 e. The van der Waals surface area contributed by atoms with Crippen molar-refractivity contribution in [2.45, 2.75) is 38.9 Å². The molecule has 0 atom stereocenters. The fourth-order valence-corrected chi connectivity index (χ4v) is 1.98. The molecule has 0 radical (unpaired) electrons. The summed E-state index contributed by atoms with van der Waals surface area (Å²) in [5.41, 5.74) is 0.864. The SMILES string of the molecule is CN(C)c1ccc(O)c(B2OC(C)(C)C(C)(C)O2)c1. The molecular weight excluding hydrogens is 241 g/mol. The molecule has 0 saturated carbocycles. The van der Waals surface area contributed by atoms with E-state index in [0.29, 0.717) is 5.46 Å². The maximum atomic E-state index is 10.0. The van der Waals surface area contributed by atoms with Crippen LogP contribution in [0.3, 0.4) is 0 Å². The number of rotatable bonds is 2. The Bertz CT molecular complexity index is 470. The van der Waals surface area contributed by atoms with E-state index in [1.54, 1.807) is 6.07 Å². The Balaban J connectivity index is 2.36. The van der Waals surface area contributed by atoms with Gasteiger partial charge in [0.25, 0.3) is 0 Å². The van der Waals surface area contributed by atoms with Crippen molar-refractivity contribution in [2.24, 2.45) is 0 Å². The molecule has 19 heavy (non-hydrogen) atoms. The minimum atomic E-state index is -0.537. The van der Waals surface area contributed by atoms with Gasteiger partial charge in [-0.2, -0.15) is 0 Å². The van der Waals surface area contributed by atoms with Crippen LogP contribution in [-0.4, -0.2) is 37.5 Å². The summed E-state index contributed by atoms with van der Waals surface area (Å²) >= 11 is 0. The molecule has 1 heterocycles. The van der Waals surface area contributed by atoms with Gasteiger partial charge in [0, 0.05) is 25.2 Å². The summed E-state index contributed by atoms with van der Waals surface area (Å²) in [4.78, 5) is 1.98. The van der Waals surface area contributed by atoms with Crippen molar-refractivity contribution < 1.29 is 14.4 Å². The van der Waals surface area contributed by atoms with E-state index in [4.69, 9.17) is 9.31 Å². The first-order valence-corrected chi connectivity index (χ1v) is 6.50. The maximum absolute atomic E-state index is 10.0. The predicted molar refractivity (Wildman–Crippen MR) is 78.1 cm³/mol. The van der Waals surface area contributed by atoms with Crippen LogP contribution >= 0.6 is 0 Å². The molecule has 4 nitrogen and oxygen atoms in total. The van der Waals surface area contributed by atoms with E-state index >= 15 is 0 Å². The lowest BCUT2D eigenvalue weighted by molar-refractivity contribution is 0.00578. The highest BCUT2D eigenvalue weighted by atomic mass is 16.7. The summed E-state index contributed by atoms with van der Waals surface area (Å²) < 4.78 is 11.9. The molecule has 1 N–H and O–H groups in total. The number of aromatic hydroxyl groups is 1. The number of phenols is 1. The van der Waals surface area contributed by atoms with Gasteiger partial charge in [-0.25, -0.2) is 0 Å². The zero-order chi connectivity index (χ0) is 14.4. The van der Waals surface area contributed by atoms with E-state index in [0.717, 1.165) is 5.69 Å². The number of phenolic OH excluding ortho intramolecular Hbond substituents is 1. The van der Waals surface area contributed by atoms with Crippen molar-refractivity contribution >= 4 is 18.3 Å². The van der Waals surface area contributed by atoms with Gasteiger partial charge < -0.3 is 19.3 Å². The topological polar surface area (TPSA) is 41.9 Å². The van der Waals surface area contributed by atoms with Crippen molar-refractivity contribution in [3.05, 3.63) is 18.2 Å². The Morgan fingerprint density at radius 1 is 1.05 bits per heavy atom. The standard InChI is InChI=1S/C14H22BNO3/c1-13(2)14(3,4)19-15(18-13)11-9-10(16(5)6)7-8-12(11)17/h7-9,17H,1-6H3. The highest BCUT2D eigenvalue weighted by Gasteiger charge is 2.52. The molecular formula is C14H22BNO3. The van der Waals surface area contributed by atoms with Crippen molar-refractivity contribution in [2.75, 3.05) is 19.0 Å². The lowest BCUT2D eigenvalue weighted by atomic mass is 9.78. The Morgan fingerprint density at radius 2 is 1.58 bits per heavy atom. The predicted octanol–water partition coefficient (Wildman–Crippen LogP) is 1.76. The van der Waals surface area contributed by atoms with E-state index in [2.05, 4.69) is 0 Å². The van der Waals surface area contributed by atoms with Crippen LogP contribution in [-0.2, 0) is 9.31 Å².